The molecule has 0 spiro atoms. The molecule has 0 aliphatic heterocycles. The Morgan fingerprint density at radius 1 is 1.00 bits per heavy atom. The zero-order valence-corrected chi connectivity index (χ0v) is 14.6. The number of halogens is 1. The number of aromatic nitrogens is 3. The second-order valence-corrected chi connectivity index (χ2v) is 6.66. The highest BCUT2D eigenvalue weighted by molar-refractivity contribution is 7.13. The average molecular weight is 360 g/mol. The number of hydrogen-bond donors (Lipinski definition) is 1. The van der Waals surface area contributed by atoms with Gasteiger partial charge in [-0.05, 0) is 55.5 Å². The first-order valence-electron chi connectivity index (χ1n) is 7.93. The number of aromatic amines is 1. The fourth-order valence-electron chi connectivity index (χ4n) is 2.65. The van der Waals surface area contributed by atoms with Gasteiger partial charge in [-0.15, -0.1) is 11.3 Å². The Labute approximate surface area is 153 Å². The van der Waals surface area contributed by atoms with E-state index < -0.39 is 0 Å². The standard InChI is InChI=1S/C20H13FN4S/c1-12-11-26-20(23-12)18-17(14-6-8-16(21)9-7-14)24-19(25-18)15-4-2-13(10-22)3-5-15/h2-9,11H,1H3,(H,24,25). The molecule has 0 radical (unpaired) electrons. The van der Waals surface area contributed by atoms with Gasteiger partial charge in [-0.2, -0.15) is 5.26 Å². The zero-order valence-electron chi connectivity index (χ0n) is 13.8. The highest BCUT2D eigenvalue weighted by atomic mass is 32.1. The fourth-order valence-corrected chi connectivity index (χ4v) is 3.45. The summed E-state index contributed by atoms with van der Waals surface area (Å²) in [5, 5.41) is 11.8. The van der Waals surface area contributed by atoms with Crippen molar-refractivity contribution in [3.05, 3.63) is 71.0 Å². The number of hydrogen-bond acceptors (Lipinski definition) is 4. The van der Waals surface area contributed by atoms with Gasteiger partial charge in [-0.1, -0.05) is 0 Å². The number of nitrogens with zero attached hydrogens (tertiary/aromatic N) is 3. The number of nitrogens with one attached hydrogen (secondary N) is 1. The normalized spacial score (nSPS) is 10.7. The second-order valence-electron chi connectivity index (χ2n) is 5.80. The van der Waals surface area contributed by atoms with Gasteiger partial charge >= 0.3 is 0 Å². The van der Waals surface area contributed by atoms with Gasteiger partial charge in [0.1, 0.15) is 22.3 Å². The summed E-state index contributed by atoms with van der Waals surface area (Å²) >= 11 is 1.53. The number of thiazole rings is 1. The maximum atomic E-state index is 13.3. The summed E-state index contributed by atoms with van der Waals surface area (Å²) in [7, 11) is 0. The maximum absolute atomic E-state index is 13.3. The third-order valence-electron chi connectivity index (χ3n) is 3.94. The van der Waals surface area contributed by atoms with Gasteiger partial charge < -0.3 is 4.98 Å². The molecule has 2 aromatic carbocycles. The second kappa shape index (κ2) is 6.54. The summed E-state index contributed by atoms with van der Waals surface area (Å²) in [5.74, 6) is 0.389. The van der Waals surface area contributed by atoms with E-state index >= 15 is 0 Å². The molecule has 0 aliphatic carbocycles. The van der Waals surface area contributed by atoms with Crippen LogP contribution in [0.5, 0.6) is 0 Å². The lowest BCUT2D eigenvalue weighted by molar-refractivity contribution is 0.628. The van der Waals surface area contributed by atoms with Gasteiger partial charge in [-0.25, -0.2) is 14.4 Å². The first-order chi connectivity index (χ1) is 12.6. The van der Waals surface area contributed by atoms with E-state index in [0.29, 0.717) is 11.4 Å². The lowest BCUT2D eigenvalue weighted by atomic mass is 10.1. The average Bonchev–Trinajstić information content (AvgIpc) is 3.29. The van der Waals surface area contributed by atoms with Crippen molar-refractivity contribution in [2.75, 3.05) is 0 Å². The first kappa shape index (κ1) is 16.2. The van der Waals surface area contributed by atoms with Gasteiger partial charge in [0, 0.05) is 22.2 Å². The van der Waals surface area contributed by atoms with Gasteiger partial charge in [0.25, 0.3) is 0 Å². The summed E-state index contributed by atoms with van der Waals surface area (Å²) < 4.78 is 13.3. The molecule has 2 aromatic heterocycles. The van der Waals surface area contributed by atoms with Crippen molar-refractivity contribution in [1.29, 1.82) is 5.26 Å². The summed E-state index contributed by atoms with van der Waals surface area (Å²) in [6, 6.07) is 15.6. The van der Waals surface area contributed by atoms with E-state index in [1.165, 1.54) is 23.5 Å². The van der Waals surface area contributed by atoms with Crippen LogP contribution in [0, 0.1) is 24.1 Å². The number of benzene rings is 2. The van der Waals surface area contributed by atoms with E-state index in [9.17, 15) is 4.39 Å². The molecule has 0 amide bonds. The molecule has 0 atom stereocenters. The minimum atomic E-state index is -0.289. The smallest absolute Gasteiger partial charge is 0.142 e. The molecule has 126 valence electrons. The van der Waals surface area contributed by atoms with E-state index in [0.717, 1.165) is 33.2 Å². The molecule has 0 fully saturated rings. The van der Waals surface area contributed by atoms with Crippen LogP contribution in [-0.4, -0.2) is 15.0 Å². The van der Waals surface area contributed by atoms with Crippen molar-refractivity contribution in [1.82, 2.24) is 15.0 Å². The lowest BCUT2D eigenvalue weighted by Crippen LogP contribution is -1.84. The quantitative estimate of drug-likeness (QED) is 0.547. The van der Waals surface area contributed by atoms with E-state index in [2.05, 4.69) is 16.0 Å². The van der Waals surface area contributed by atoms with E-state index in [-0.39, 0.29) is 5.82 Å². The largest absolute Gasteiger partial charge is 0.335 e. The van der Waals surface area contributed by atoms with Crippen LogP contribution in [0.4, 0.5) is 4.39 Å². The van der Waals surface area contributed by atoms with Crippen LogP contribution in [-0.2, 0) is 0 Å². The van der Waals surface area contributed by atoms with Crippen LogP contribution < -0.4 is 0 Å². The van der Waals surface area contributed by atoms with Crippen LogP contribution in [0.3, 0.4) is 0 Å². The van der Waals surface area contributed by atoms with Gasteiger partial charge in [-0.3, -0.25) is 0 Å². The topological polar surface area (TPSA) is 65.4 Å². The lowest BCUT2D eigenvalue weighted by Gasteiger charge is -2.00. The monoisotopic (exact) mass is 360 g/mol. The predicted molar refractivity (Wildman–Crippen MR) is 100.0 cm³/mol. The minimum Gasteiger partial charge on any atom is -0.335 e. The summed E-state index contributed by atoms with van der Waals surface area (Å²) in [5.41, 5.74) is 4.73. The number of aryl methyl sites for hydroxylation is 1. The third-order valence-corrected chi connectivity index (χ3v) is 4.92. The highest BCUT2D eigenvalue weighted by Crippen LogP contribution is 2.34. The molecule has 0 saturated carbocycles. The first-order valence-corrected chi connectivity index (χ1v) is 8.81. The molecule has 26 heavy (non-hydrogen) atoms. The molecular formula is C20H13FN4S. The predicted octanol–water partition coefficient (Wildman–Crippen LogP) is 5.19. The van der Waals surface area contributed by atoms with E-state index in [4.69, 9.17) is 10.2 Å². The molecule has 4 aromatic rings. The fraction of sp³-hybridized carbons (Fsp3) is 0.0500. The van der Waals surface area contributed by atoms with Crippen LogP contribution in [0.15, 0.2) is 53.9 Å². The Hall–Kier alpha value is -3.30. The van der Waals surface area contributed by atoms with E-state index in [1.807, 2.05) is 24.4 Å². The number of H-pyrrole nitrogens is 1. The molecule has 0 unspecified atom stereocenters. The van der Waals surface area contributed by atoms with E-state index in [1.54, 1.807) is 24.3 Å². The van der Waals surface area contributed by atoms with Gasteiger partial charge in [0.05, 0.1) is 17.3 Å². The Morgan fingerprint density at radius 2 is 1.69 bits per heavy atom. The molecular weight excluding hydrogens is 347 g/mol. The third kappa shape index (κ3) is 3.01. The molecule has 0 aliphatic rings. The molecule has 0 bridgehead atoms. The summed E-state index contributed by atoms with van der Waals surface area (Å²) in [6.45, 7) is 1.94. The Bertz CT molecular complexity index is 1100. The Morgan fingerprint density at radius 3 is 2.31 bits per heavy atom. The number of imidazole rings is 1. The van der Waals surface area contributed by atoms with Crippen LogP contribution in [0.2, 0.25) is 0 Å². The molecule has 0 saturated heterocycles. The zero-order chi connectivity index (χ0) is 18.1. The van der Waals surface area contributed by atoms with Crippen LogP contribution in [0.1, 0.15) is 11.3 Å². The van der Waals surface area contributed by atoms with Crippen molar-refractivity contribution in [3.63, 3.8) is 0 Å². The minimum absolute atomic E-state index is 0.289. The SMILES string of the molecule is Cc1csc(-c2[nH]c(-c3ccc(C#N)cc3)nc2-c2ccc(F)cc2)n1. The van der Waals surface area contributed by atoms with Crippen molar-refractivity contribution < 1.29 is 4.39 Å². The van der Waals surface area contributed by atoms with Crippen LogP contribution >= 0.6 is 11.3 Å². The van der Waals surface area contributed by atoms with Crippen molar-refractivity contribution >= 4 is 11.3 Å². The summed E-state index contributed by atoms with van der Waals surface area (Å²) in [4.78, 5) is 12.6. The Kier molecular flexibility index (Phi) is 4.07. The van der Waals surface area contributed by atoms with Crippen molar-refractivity contribution in [3.8, 4) is 39.4 Å². The highest BCUT2D eigenvalue weighted by Gasteiger charge is 2.17. The Balaban J connectivity index is 1.86. The van der Waals surface area contributed by atoms with Crippen molar-refractivity contribution in [2.45, 2.75) is 6.92 Å². The van der Waals surface area contributed by atoms with Crippen LogP contribution in [0.25, 0.3) is 33.3 Å². The van der Waals surface area contributed by atoms with Crippen molar-refractivity contribution in [2.24, 2.45) is 0 Å². The molecule has 1 N–H and O–H groups in total. The molecule has 4 nitrogen and oxygen atoms in total. The molecule has 4 rings (SSSR count). The molecule has 2 heterocycles. The van der Waals surface area contributed by atoms with Gasteiger partial charge in [0.2, 0.25) is 0 Å². The maximum Gasteiger partial charge on any atom is 0.142 e. The summed E-state index contributed by atoms with van der Waals surface area (Å²) in [6.07, 6.45) is 0. The number of rotatable bonds is 3. The molecule has 6 heteroatoms. The van der Waals surface area contributed by atoms with Gasteiger partial charge in [0.15, 0.2) is 0 Å². The number of nitriles is 1.